The van der Waals surface area contributed by atoms with Crippen molar-refractivity contribution in [3.8, 4) is 6.07 Å². The Morgan fingerprint density at radius 3 is 2.42 bits per heavy atom. The molecule has 0 unspecified atom stereocenters. The lowest BCUT2D eigenvalue weighted by molar-refractivity contribution is 0.542. The largest absolute Gasteiger partial charge is 0.351 e. The van der Waals surface area contributed by atoms with E-state index >= 15 is 0 Å². The zero-order valence-electron chi connectivity index (χ0n) is 18.7. The van der Waals surface area contributed by atoms with Gasteiger partial charge in [0, 0.05) is 42.6 Å². The molecule has 0 bridgehead atoms. The molecular formula is C27H26N6. The maximum absolute atomic E-state index is 9.03. The van der Waals surface area contributed by atoms with E-state index in [4.69, 9.17) is 10.4 Å². The number of pyridine rings is 1. The van der Waals surface area contributed by atoms with Gasteiger partial charge in [-0.15, -0.1) is 5.10 Å². The second-order valence-electron chi connectivity index (χ2n) is 8.51. The van der Waals surface area contributed by atoms with Crippen LogP contribution in [0.5, 0.6) is 0 Å². The molecule has 1 aliphatic rings. The predicted molar refractivity (Wildman–Crippen MR) is 131 cm³/mol. The lowest BCUT2D eigenvalue weighted by Gasteiger charge is -2.41. The van der Waals surface area contributed by atoms with E-state index in [-0.39, 0.29) is 6.04 Å². The fourth-order valence-corrected chi connectivity index (χ4v) is 4.58. The summed E-state index contributed by atoms with van der Waals surface area (Å²) in [7, 11) is 0. The van der Waals surface area contributed by atoms with Crippen LogP contribution in [0.2, 0.25) is 0 Å². The van der Waals surface area contributed by atoms with E-state index < -0.39 is 0 Å². The summed E-state index contributed by atoms with van der Waals surface area (Å²) in [4.78, 5) is 9.11. The van der Waals surface area contributed by atoms with Crippen molar-refractivity contribution in [1.82, 2.24) is 15.2 Å². The second kappa shape index (κ2) is 9.25. The van der Waals surface area contributed by atoms with Crippen LogP contribution in [0.15, 0.2) is 72.9 Å². The van der Waals surface area contributed by atoms with Crippen molar-refractivity contribution in [1.29, 1.82) is 5.26 Å². The zero-order chi connectivity index (χ0) is 22.6. The molecule has 33 heavy (non-hydrogen) atoms. The van der Waals surface area contributed by atoms with Gasteiger partial charge < -0.3 is 9.80 Å². The topological polar surface area (TPSA) is 68.9 Å². The Bertz CT molecular complexity index is 1280. The van der Waals surface area contributed by atoms with Crippen molar-refractivity contribution in [2.45, 2.75) is 25.8 Å². The Labute approximate surface area is 194 Å². The molecule has 2 aromatic heterocycles. The fraction of sp³-hybridized carbons (Fsp3) is 0.259. The molecule has 0 N–H and O–H groups in total. The molecule has 0 spiro atoms. The summed E-state index contributed by atoms with van der Waals surface area (Å²) >= 11 is 0. The van der Waals surface area contributed by atoms with Crippen LogP contribution >= 0.6 is 0 Å². The Hall–Kier alpha value is -3.98. The highest BCUT2D eigenvalue weighted by molar-refractivity contribution is 5.93. The number of benzene rings is 2. The van der Waals surface area contributed by atoms with Crippen molar-refractivity contribution in [3.63, 3.8) is 0 Å². The first-order chi connectivity index (χ1) is 16.2. The van der Waals surface area contributed by atoms with Crippen LogP contribution in [-0.2, 0) is 12.8 Å². The van der Waals surface area contributed by atoms with Crippen molar-refractivity contribution in [2.75, 3.05) is 29.4 Å². The molecule has 164 valence electrons. The highest BCUT2D eigenvalue weighted by atomic mass is 15.3. The van der Waals surface area contributed by atoms with Crippen LogP contribution in [0.1, 0.15) is 23.7 Å². The normalized spacial score (nSPS) is 16.1. The summed E-state index contributed by atoms with van der Waals surface area (Å²) in [5.74, 6) is 1.86. The van der Waals surface area contributed by atoms with Crippen LogP contribution in [0.25, 0.3) is 10.8 Å². The number of nitrogens with zero attached hydrogens (tertiary/aromatic N) is 6. The summed E-state index contributed by atoms with van der Waals surface area (Å²) in [5.41, 5.74) is 2.94. The second-order valence-corrected chi connectivity index (χ2v) is 8.51. The minimum Gasteiger partial charge on any atom is -0.351 e. The lowest BCUT2D eigenvalue weighted by Crippen LogP contribution is -2.52. The van der Waals surface area contributed by atoms with Gasteiger partial charge in [-0.2, -0.15) is 10.4 Å². The number of hydrogen-bond donors (Lipinski definition) is 0. The van der Waals surface area contributed by atoms with E-state index in [0.29, 0.717) is 5.56 Å². The highest BCUT2D eigenvalue weighted by Crippen LogP contribution is 2.29. The molecule has 2 aromatic carbocycles. The molecule has 1 aliphatic heterocycles. The van der Waals surface area contributed by atoms with Gasteiger partial charge in [0.1, 0.15) is 11.9 Å². The van der Waals surface area contributed by atoms with Crippen LogP contribution in [0.4, 0.5) is 11.6 Å². The van der Waals surface area contributed by atoms with E-state index in [1.54, 1.807) is 6.20 Å². The van der Waals surface area contributed by atoms with Gasteiger partial charge in [-0.05, 0) is 37.5 Å². The number of aromatic nitrogens is 3. The first kappa shape index (κ1) is 20.9. The summed E-state index contributed by atoms with van der Waals surface area (Å²) in [6.07, 6.45) is 3.46. The molecule has 1 saturated heterocycles. The number of rotatable bonds is 5. The number of fused-ring (bicyclic) bond motifs is 1. The van der Waals surface area contributed by atoms with Crippen LogP contribution < -0.4 is 9.80 Å². The SMILES string of the molecule is C[C@@H]1CN(c2nnc(CCc3ccccc3)c3ccccc23)CCN1c1ccc(C#N)cn1. The van der Waals surface area contributed by atoms with Gasteiger partial charge in [0.15, 0.2) is 5.82 Å². The summed E-state index contributed by atoms with van der Waals surface area (Å²) < 4.78 is 0. The van der Waals surface area contributed by atoms with Crippen LogP contribution in [-0.4, -0.2) is 40.9 Å². The standard InChI is InChI=1S/C27H26N6/c1-20-19-32(15-16-33(20)26-14-12-22(17-28)18-29-26)27-24-10-6-5-9-23(24)25(30-31-27)13-11-21-7-3-2-4-8-21/h2-10,12,14,18,20H,11,13,15-16,19H2,1H3/t20-/m1/s1. The van der Waals surface area contributed by atoms with Crippen molar-refractivity contribution in [2.24, 2.45) is 0 Å². The van der Waals surface area contributed by atoms with E-state index in [9.17, 15) is 0 Å². The number of aryl methyl sites for hydroxylation is 2. The molecular weight excluding hydrogens is 408 g/mol. The molecule has 3 heterocycles. The molecule has 5 rings (SSSR count). The number of hydrogen-bond acceptors (Lipinski definition) is 6. The molecule has 0 amide bonds. The van der Waals surface area contributed by atoms with E-state index in [2.05, 4.69) is 81.4 Å². The first-order valence-corrected chi connectivity index (χ1v) is 11.4. The maximum atomic E-state index is 9.03. The third-order valence-corrected chi connectivity index (χ3v) is 6.34. The van der Waals surface area contributed by atoms with Crippen molar-refractivity contribution in [3.05, 3.63) is 89.7 Å². The minimum absolute atomic E-state index is 0.262. The molecule has 1 atom stereocenters. The van der Waals surface area contributed by atoms with Gasteiger partial charge in [-0.1, -0.05) is 54.6 Å². The summed E-state index contributed by atoms with van der Waals surface area (Å²) in [6.45, 7) is 4.72. The fourth-order valence-electron chi connectivity index (χ4n) is 4.58. The zero-order valence-corrected chi connectivity index (χ0v) is 18.7. The molecule has 0 saturated carbocycles. The van der Waals surface area contributed by atoms with E-state index in [1.165, 1.54) is 10.9 Å². The van der Waals surface area contributed by atoms with Gasteiger partial charge >= 0.3 is 0 Å². The number of nitriles is 1. The van der Waals surface area contributed by atoms with Gasteiger partial charge in [0.25, 0.3) is 0 Å². The van der Waals surface area contributed by atoms with Gasteiger partial charge in [0.2, 0.25) is 0 Å². The number of piperazine rings is 1. The van der Waals surface area contributed by atoms with Crippen molar-refractivity contribution >= 4 is 22.4 Å². The predicted octanol–water partition coefficient (Wildman–Crippen LogP) is 4.40. The summed E-state index contributed by atoms with van der Waals surface area (Å²) in [6, 6.07) is 25.2. The number of anilines is 2. The molecule has 1 fully saturated rings. The molecule has 0 aliphatic carbocycles. The smallest absolute Gasteiger partial charge is 0.159 e. The van der Waals surface area contributed by atoms with Gasteiger partial charge in [0.05, 0.1) is 11.3 Å². The molecule has 6 heteroatoms. The Balaban J connectivity index is 1.36. The quantitative estimate of drug-likeness (QED) is 0.464. The molecule has 0 radical (unpaired) electrons. The molecule has 4 aromatic rings. The first-order valence-electron chi connectivity index (χ1n) is 11.4. The minimum atomic E-state index is 0.262. The average Bonchev–Trinajstić information content (AvgIpc) is 2.88. The summed E-state index contributed by atoms with van der Waals surface area (Å²) in [5, 5.41) is 20.7. The monoisotopic (exact) mass is 434 g/mol. The maximum Gasteiger partial charge on any atom is 0.159 e. The van der Waals surface area contributed by atoms with E-state index in [0.717, 1.165) is 55.2 Å². The van der Waals surface area contributed by atoms with Gasteiger partial charge in [-0.25, -0.2) is 4.98 Å². The highest BCUT2D eigenvalue weighted by Gasteiger charge is 2.27. The lowest BCUT2D eigenvalue weighted by atomic mass is 10.0. The van der Waals surface area contributed by atoms with Gasteiger partial charge in [-0.3, -0.25) is 0 Å². The van der Waals surface area contributed by atoms with Crippen LogP contribution in [0.3, 0.4) is 0 Å². The van der Waals surface area contributed by atoms with Crippen molar-refractivity contribution < 1.29 is 0 Å². The van der Waals surface area contributed by atoms with E-state index in [1.807, 2.05) is 18.2 Å². The molecule has 6 nitrogen and oxygen atoms in total. The third kappa shape index (κ3) is 4.35. The Kier molecular flexibility index (Phi) is 5.86. The Morgan fingerprint density at radius 1 is 0.909 bits per heavy atom. The average molecular weight is 435 g/mol. The third-order valence-electron chi connectivity index (χ3n) is 6.34. The Morgan fingerprint density at radius 2 is 1.70 bits per heavy atom. The van der Waals surface area contributed by atoms with Crippen LogP contribution in [0, 0.1) is 11.3 Å².